The molecule has 0 aliphatic carbocycles. The predicted molar refractivity (Wildman–Crippen MR) is 92.3 cm³/mol. The minimum atomic E-state index is -0.160. The summed E-state index contributed by atoms with van der Waals surface area (Å²) in [4.78, 5) is 24.8. The largest absolute Gasteiger partial charge is 0.508 e. The summed E-state index contributed by atoms with van der Waals surface area (Å²) in [7, 11) is 1.57. The summed E-state index contributed by atoms with van der Waals surface area (Å²) in [5.41, 5.74) is 2.69. The van der Waals surface area contributed by atoms with Gasteiger partial charge in [0.15, 0.2) is 0 Å². The molecule has 122 valence electrons. The molecule has 2 N–H and O–H groups in total. The molecule has 0 fully saturated rings. The van der Waals surface area contributed by atoms with E-state index >= 15 is 0 Å². The highest BCUT2D eigenvalue weighted by atomic mass is 16.3. The highest BCUT2D eigenvalue weighted by Gasteiger charge is 2.21. The number of likely N-dealkylation sites (N-methyl/N-ethyl adjacent to an activating group) is 1. The number of phenols is 1. The minimum absolute atomic E-state index is 0.102. The summed E-state index contributed by atoms with van der Waals surface area (Å²) >= 11 is 0. The van der Waals surface area contributed by atoms with Crippen LogP contribution >= 0.6 is 0 Å². The topological polar surface area (TPSA) is 71.3 Å². The molecule has 0 aliphatic rings. The Bertz CT molecular complexity index is 927. The van der Waals surface area contributed by atoms with Crippen LogP contribution < -0.4 is 5.32 Å². The number of hydrogen-bond donors (Lipinski definition) is 2. The quantitative estimate of drug-likeness (QED) is 0.779. The molecule has 1 heterocycles. The number of aromatic hydroxyl groups is 1. The molecule has 5 nitrogen and oxygen atoms in total. The summed E-state index contributed by atoms with van der Waals surface area (Å²) in [5, 5.41) is 13.1. The van der Waals surface area contributed by atoms with Gasteiger partial charge in [0.05, 0.1) is 11.9 Å². The first-order valence-corrected chi connectivity index (χ1v) is 7.66. The van der Waals surface area contributed by atoms with Crippen molar-refractivity contribution in [3.8, 4) is 5.75 Å². The Morgan fingerprint density at radius 1 is 1.12 bits per heavy atom. The van der Waals surface area contributed by atoms with E-state index in [-0.39, 0.29) is 24.0 Å². The fourth-order valence-corrected chi connectivity index (χ4v) is 2.91. The van der Waals surface area contributed by atoms with Crippen LogP contribution in [0.1, 0.15) is 21.6 Å². The van der Waals surface area contributed by atoms with Crippen LogP contribution in [0.4, 0.5) is 0 Å². The number of rotatable bonds is 3. The summed E-state index contributed by atoms with van der Waals surface area (Å²) in [6, 6.07) is 13.8. The molecule has 24 heavy (non-hydrogen) atoms. The molecule has 0 atom stereocenters. The number of phenolic OH excluding ortho intramolecular Hbond substituents is 1. The van der Waals surface area contributed by atoms with Gasteiger partial charge in [0.25, 0.3) is 5.91 Å². The van der Waals surface area contributed by atoms with E-state index in [1.165, 1.54) is 0 Å². The number of amides is 1. The molecular weight excluding hydrogens is 304 g/mol. The maximum Gasteiger partial charge on any atom is 0.262 e. The number of nitrogens with one attached hydrogen (secondary N) is 1. The van der Waals surface area contributed by atoms with E-state index in [4.69, 9.17) is 0 Å². The van der Waals surface area contributed by atoms with Crippen LogP contribution in [-0.2, 0) is 11.2 Å². The highest BCUT2D eigenvalue weighted by molar-refractivity contribution is 6.05. The van der Waals surface area contributed by atoms with E-state index in [2.05, 4.69) is 5.32 Å². The Kier molecular flexibility index (Phi) is 4.08. The van der Waals surface area contributed by atoms with Crippen LogP contribution in [0.15, 0.2) is 48.5 Å². The Labute approximate surface area is 139 Å². The van der Waals surface area contributed by atoms with E-state index in [0.717, 1.165) is 5.56 Å². The number of fused-ring (bicyclic) bond motifs is 1. The van der Waals surface area contributed by atoms with Crippen LogP contribution in [0.2, 0.25) is 0 Å². The Balaban J connectivity index is 2.23. The van der Waals surface area contributed by atoms with Crippen molar-refractivity contribution >= 4 is 22.7 Å². The highest BCUT2D eigenvalue weighted by Crippen LogP contribution is 2.30. The number of carbonyl (C=O) groups excluding carboxylic acids is 2. The zero-order valence-corrected chi connectivity index (χ0v) is 13.5. The lowest BCUT2D eigenvalue weighted by atomic mass is 10.1. The molecule has 0 saturated heterocycles. The van der Waals surface area contributed by atoms with Crippen LogP contribution in [0.3, 0.4) is 0 Å². The van der Waals surface area contributed by atoms with Crippen molar-refractivity contribution in [1.29, 1.82) is 0 Å². The Morgan fingerprint density at radius 3 is 2.50 bits per heavy atom. The molecule has 3 aromatic rings. The van der Waals surface area contributed by atoms with Gasteiger partial charge in [-0.05, 0) is 42.8 Å². The van der Waals surface area contributed by atoms with Gasteiger partial charge in [0, 0.05) is 23.7 Å². The van der Waals surface area contributed by atoms with Gasteiger partial charge in [-0.1, -0.05) is 18.2 Å². The number of benzene rings is 2. The van der Waals surface area contributed by atoms with Crippen LogP contribution in [0.5, 0.6) is 5.75 Å². The molecule has 0 saturated carbocycles. The molecule has 0 radical (unpaired) electrons. The lowest BCUT2D eigenvalue weighted by molar-refractivity contribution is -0.119. The maximum atomic E-state index is 12.9. The number of carbonyl (C=O) groups is 2. The van der Waals surface area contributed by atoms with Gasteiger partial charge in [-0.3, -0.25) is 14.2 Å². The van der Waals surface area contributed by atoms with Crippen molar-refractivity contribution in [3.05, 3.63) is 65.4 Å². The molecule has 2 aromatic carbocycles. The average Bonchev–Trinajstić information content (AvgIpc) is 2.86. The molecule has 0 aliphatic heterocycles. The smallest absolute Gasteiger partial charge is 0.262 e. The maximum absolute atomic E-state index is 12.9. The Morgan fingerprint density at radius 2 is 1.83 bits per heavy atom. The van der Waals surface area contributed by atoms with Crippen molar-refractivity contribution in [2.24, 2.45) is 0 Å². The van der Waals surface area contributed by atoms with E-state index in [0.29, 0.717) is 22.2 Å². The van der Waals surface area contributed by atoms with Crippen LogP contribution in [0, 0.1) is 6.92 Å². The van der Waals surface area contributed by atoms with Crippen molar-refractivity contribution in [1.82, 2.24) is 9.88 Å². The second-order valence-electron chi connectivity index (χ2n) is 5.62. The standard InChI is InChI=1S/C19H18N2O3/c1-12-15(11-18(23)20-2)16-10-14(22)8-9-17(16)21(12)19(24)13-6-4-3-5-7-13/h3-10,22H,11H2,1-2H3,(H,20,23). The van der Waals surface area contributed by atoms with Crippen LogP contribution in [0.25, 0.3) is 10.9 Å². The fraction of sp³-hybridized carbons (Fsp3) is 0.158. The first-order chi connectivity index (χ1) is 11.5. The van der Waals surface area contributed by atoms with Crippen molar-refractivity contribution in [2.45, 2.75) is 13.3 Å². The Hall–Kier alpha value is -3.08. The van der Waals surface area contributed by atoms with Crippen LogP contribution in [-0.4, -0.2) is 28.5 Å². The van der Waals surface area contributed by atoms with Gasteiger partial charge < -0.3 is 10.4 Å². The number of nitrogens with zero attached hydrogens (tertiary/aromatic N) is 1. The van der Waals surface area contributed by atoms with Gasteiger partial charge in [-0.15, -0.1) is 0 Å². The summed E-state index contributed by atoms with van der Waals surface area (Å²) < 4.78 is 1.60. The lowest BCUT2D eigenvalue weighted by Gasteiger charge is -2.07. The monoisotopic (exact) mass is 322 g/mol. The molecule has 1 amide bonds. The van der Waals surface area contributed by atoms with Gasteiger partial charge in [0.1, 0.15) is 5.75 Å². The van der Waals surface area contributed by atoms with Gasteiger partial charge in [-0.2, -0.15) is 0 Å². The fourth-order valence-electron chi connectivity index (χ4n) is 2.91. The number of aromatic nitrogens is 1. The van der Waals surface area contributed by atoms with Gasteiger partial charge >= 0.3 is 0 Å². The summed E-state index contributed by atoms with van der Waals surface area (Å²) in [5.74, 6) is -0.204. The lowest BCUT2D eigenvalue weighted by Crippen LogP contribution is -2.20. The van der Waals surface area contributed by atoms with Gasteiger partial charge in [0.2, 0.25) is 5.91 Å². The molecule has 0 unspecified atom stereocenters. The molecule has 1 aromatic heterocycles. The van der Waals surface area contributed by atoms with E-state index in [9.17, 15) is 14.7 Å². The van der Waals surface area contributed by atoms with E-state index in [1.807, 2.05) is 25.1 Å². The second-order valence-corrected chi connectivity index (χ2v) is 5.62. The predicted octanol–water partition coefficient (Wildman–Crippen LogP) is 2.63. The molecule has 3 rings (SSSR count). The second kappa shape index (κ2) is 6.20. The minimum Gasteiger partial charge on any atom is -0.508 e. The third-order valence-electron chi connectivity index (χ3n) is 4.16. The molecule has 0 spiro atoms. The zero-order chi connectivity index (χ0) is 17.3. The van der Waals surface area contributed by atoms with Crippen molar-refractivity contribution < 1.29 is 14.7 Å². The first-order valence-electron chi connectivity index (χ1n) is 7.66. The number of hydrogen-bond acceptors (Lipinski definition) is 3. The summed E-state index contributed by atoms with van der Waals surface area (Å²) in [6.07, 6.45) is 0.150. The molecular formula is C19H18N2O3. The third kappa shape index (κ3) is 2.65. The molecule has 5 heteroatoms. The summed E-state index contributed by atoms with van der Waals surface area (Å²) in [6.45, 7) is 1.82. The third-order valence-corrected chi connectivity index (χ3v) is 4.16. The van der Waals surface area contributed by atoms with Crippen molar-refractivity contribution in [3.63, 3.8) is 0 Å². The normalized spacial score (nSPS) is 10.8. The molecule has 0 bridgehead atoms. The zero-order valence-electron chi connectivity index (χ0n) is 13.5. The van der Waals surface area contributed by atoms with Crippen molar-refractivity contribution in [2.75, 3.05) is 7.05 Å². The average molecular weight is 322 g/mol. The van der Waals surface area contributed by atoms with E-state index in [1.54, 1.807) is 41.9 Å². The first kappa shape index (κ1) is 15.8. The van der Waals surface area contributed by atoms with E-state index < -0.39 is 0 Å². The SMILES string of the molecule is CNC(=O)Cc1c(C)n(C(=O)c2ccccc2)c2ccc(O)cc12. The van der Waals surface area contributed by atoms with Gasteiger partial charge in [-0.25, -0.2) is 0 Å².